The zero-order valence-corrected chi connectivity index (χ0v) is 13.3. The summed E-state index contributed by atoms with van der Waals surface area (Å²) in [7, 11) is 0. The summed E-state index contributed by atoms with van der Waals surface area (Å²) in [6.07, 6.45) is 0. The molecule has 0 radical (unpaired) electrons. The molecule has 110 valence electrons. The van der Waals surface area contributed by atoms with Crippen LogP contribution in [0, 0.1) is 0 Å². The number of carbonyl (C=O) groups is 1. The number of halogens is 1. The van der Waals surface area contributed by atoms with Gasteiger partial charge in [0.2, 0.25) is 0 Å². The van der Waals surface area contributed by atoms with Gasteiger partial charge in [-0.3, -0.25) is 4.79 Å². The van der Waals surface area contributed by atoms with Crippen LogP contribution < -0.4 is 10.6 Å². The monoisotopic (exact) mass is 348 g/mol. The highest BCUT2D eigenvalue weighted by Gasteiger charge is 2.12. The number of carbonyl (C=O) groups excluding carboxylic acids is 1. The third kappa shape index (κ3) is 4.31. The van der Waals surface area contributed by atoms with Gasteiger partial charge >= 0.3 is 0 Å². The first-order valence-corrected chi connectivity index (χ1v) is 7.49. The molecule has 0 fully saturated rings. The van der Waals surface area contributed by atoms with Gasteiger partial charge in [-0.1, -0.05) is 35.0 Å². The second-order valence-electron chi connectivity index (χ2n) is 4.60. The summed E-state index contributed by atoms with van der Waals surface area (Å²) >= 11 is 3.29. The number of hydrogen-bond donors (Lipinski definition) is 3. The number of nitrogens with one attached hydrogen (secondary N) is 2. The van der Waals surface area contributed by atoms with E-state index < -0.39 is 0 Å². The van der Waals surface area contributed by atoms with Crippen molar-refractivity contribution in [2.24, 2.45) is 0 Å². The molecule has 0 heterocycles. The van der Waals surface area contributed by atoms with Gasteiger partial charge < -0.3 is 15.7 Å². The van der Waals surface area contributed by atoms with E-state index in [-0.39, 0.29) is 17.2 Å². The topological polar surface area (TPSA) is 61.4 Å². The van der Waals surface area contributed by atoms with Crippen molar-refractivity contribution in [1.29, 1.82) is 0 Å². The van der Waals surface area contributed by atoms with Crippen LogP contribution in [0.5, 0.6) is 5.75 Å². The van der Waals surface area contributed by atoms with Crippen LogP contribution in [0.1, 0.15) is 22.8 Å². The van der Waals surface area contributed by atoms with E-state index >= 15 is 0 Å². The smallest absolute Gasteiger partial charge is 0.259 e. The summed E-state index contributed by atoms with van der Waals surface area (Å²) in [5, 5.41) is 15.8. The Labute approximate surface area is 132 Å². The minimum atomic E-state index is -0.339. The van der Waals surface area contributed by atoms with Crippen LogP contribution in [-0.2, 0) is 6.54 Å². The van der Waals surface area contributed by atoms with Crippen molar-refractivity contribution in [3.63, 3.8) is 0 Å². The van der Waals surface area contributed by atoms with Crippen molar-refractivity contribution >= 4 is 27.5 Å². The molecular formula is C16H17BrN2O2. The Morgan fingerprint density at radius 2 is 2.05 bits per heavy atom. The molecule has 0 aromatic heterocycles. The van der Waals surface area contributed by atoms with Crippen molar-refractivity contribution < 1.29 is 9.90 Å². The van der Waals surface area contributed by atoms with E-state index in [4.69, 9.17) is 0 Å². The number of aromatic hydroxyl groups is 1. The lowest BCUT2D eigenvalue weighted by molar-refractivity contribution is 0.102. The van der Waals surface area contributed by atoms with Crippen LogP contribution in [0.25, 0.3) is 0 Å². The van der Waals surface area contributed by atoms with E-state index in [1.807, 2.05) is 31.2 Å². The number of phenols is 1. The van der Waals surface area contributed by atoms with Crippen LogP contribution in [-0.4, -0.2) is 17.6 Å². The minimum absolute atomic E-state index is 0.0421. The fraction of sp³-hybridized carbons (Fsp3) is 0.188. The van der Waals surface area contributed by atoms with Crippen LogP contribution in [0.15, 0.2) is 46.9 Å². The van der Waals surface area contributed by atoms with Crippen LogP contribution in [0.3, 0.4) is 0 Å². The third-order valence-corrected chi connectivity index (χ3v) is 3.46. The van der Waals surface area contributed by atoms with Gasteiger partial charge in [0.05, 0.1) is 5.56 Å². The van der Waals surface area contributed by atoms with Crippen molar-refractivity contribution in [2.45, 2.75) is 13.5 Å². The number of rotatable bonds is 5. The summed E-state index contributed by atoms with van der Waals surface area (Å²) in [5.41, 5.74) is 2.03. The Bertz CT molecular complexity index is 644. The largest absolute Gasteiger partial charge is 0.507 e. The Hall–Kier alpha value is -1.85. The molecular weight excluding hydrogens is 332 g/mol. The zero-order chi connectivity index (χ0) is 15.2. The van der Waals surface area contributed by atoms with E-state index in [9.17, 15) is 9.90 Å². The maximum atomic E-state index is 12.2. The quantitative estimate of drug-likeness (QED) is 0.774. The van der Waals surface area contributed by atoms with Crippen molar-refractivity contribution in [1.82, 2.24) is 5.32 Å². The second-order valence-corrected chi connectivity index (χ2v) is 5.51. The highest BCUT2D eigenvalue weighted by Crippen LogP contribution is 2.23. The third-order valence-electron chi connectivity index (χ3n) is 2.97. The van der Waals surface area contributed by atoms with Gasteiger partial charge in [0, 0.05) is 16.7 Å². The van der Waals surface area contributed by atoms with Gasteiger partial charge in [-0.2, -0.15) is 0 Å². The minimum Gasteiger partial charge on any atom is -0.507 e. The van der Waals surface area contributed by atoms with E-state index in [1.54, 1.807) is 12.1 Å². The molecule has 0 aliphatic rings. The molecule has 0 saturated carbocycles. The molecule has 0 saturated heterocycles. The summed E-state index contributed by atoms with van der Waals surface area (Å²) < 4.78 is 0.742. The lowest BCUT2D eigenvalue weighted by atomic mass is 10.1. The number of anilines is 1. The molecule has 4 nitrogen and oxygen atoms in total. The fourth-order valence-corrected chi connectivity index (χ4v) is 2.28. The van der Waals surface area contributed by atoms with Crippen LogP contribution >= 0.6 is 15.9 Å². The van der Waals surface area contributed by atoms with Crippen molar-refractivity contribution in [3.05, 3.63) is 58.1 Å². The predicted octanol–water partition coefficient (Wildman–Crippen LogP) is 3.52. The molecule has 0 aliphatic heterocycles. The average Bonchev–Trinajstić information content (AvgIpc) is 2.48. The highest BCUT2D eigenvalue weighted by atomic mass is 79.9. The van der Waals surface area contributed by atoms with Gasteiger partial charge in [0.25, 0.3) is 5.91 Å². The summed E-state index contributed by atoms with van der Waals surface area (Å²) in [5.74, 6) is -0.381. The van der Waals surface area contributed by atoms with Crippen LogP contribution in [0.2, 0.25) is 0 Å². The molecule has 1 amide bonds. The lowest BCUT2D eigenvalue weighted by Crippen LogP contribution is -2.14. The summed E-state index contributed by atoms with van der Waals surface area (Å²) in [6, 6.07) is 12.4. The van der Waals surface area contributed by atoms with Gasteiger partial charge in [-0.15, -0.1) is 0 Å². The second kappa shape index (κ2) is 7.24. The van der Waals surface area contributed by atoms with Gasteiger partial charge in [0.1, 0.15) is 5.75 Å². The predicted molar refractivity (Wildman–Crippen MR) is 87.6 cm³/mol. The van der Waals surface area contributed by atoms with Crippen molar-refractivity contribution in [3.8, 4) is 5.75 Å². The zero-order valence-electron chi connectivity index (χ0n) is 11.7. The first kappa shape index (κ1) is 15.5. The van der Waals surface area contributed by atoms with Crippen LogP contribution in [0.4, 0.5) is 5.69 Å². The van der Waals surface area contributed by atoms with E-state index in [2.05, 4.69) is 26.6 Å². The normalized spacial score (nSPS) is 10.4. The number of hydrogen-bond acceptors (Lipinski definition) is 3. The molecule has 2 rings (SSSR count). The first-order valence-electron chi connectivity index (χ1n) is 6.69. The average molecular weight is 349 g/mol. The SMILES string of the molecule is CCNCc1cccc(NC(=O)c2cc(Br)ccc2O)c1. The Morgan fingerprint density at radius 3 is 2.81 bits per heavy atom. The first-order chi connectivity index (χ1) is 10.1. The fourth-order valence-electron chi connectivity index (χ4n) is 1.92. The van der Waals surface area contributed by atoms with E-state index in [0.29, 0.717) is 5.69 Å². The highest BCUT2D eigenvalue weighted by molar-refractivity contribution is 9.10. The molecule has 5 heteroatoms. The molecule has 0 aliphatic carbocycles. The molecule has 2 aromatic carbocycles. The standard InChI is InChI=1S/C16H17BrN2O2/c1-2-18-10-11-4-3-5-13(8-11)19-16(21)14-9-12(17)6-7-15(14)20/h3-9,18,20H,2,10H2,1H3,(H,19,21). The molecule has 0 unspecified atom stereocenters. The van der Waals surface area contributed by atoms with Gasteiger partial charge in [0.15, 0.2) is 0 Å². The molecule has 3 N–H and O–H groups in total. The Morgan fingerprint density at radius 1 is 1.24 bits per heavy atom. The number of phenolic OH excluding ortho intramolecular Hbond substituents is 1. The van der Waals surface area contributed by atoms with E-state index in [1.165, 1.54) is 6.07 Å². The maximum absolute atomic E-state index is 12.2. The summed E-state index contributed by atoms with van der Waals surface area (Å²) in [4.78, 5) is 12.2. The van der Waals surface area contributed by atoms with Gasteiger partial charge in [-0.05, 0) is 42.4 Å². The lowest BCUT2D eigenvalue weighted by Gasteiger charge is -2.09. The number of amides is 1. The molecule has 0 bridgehead atoms. The Kier molecular flexibility index (Phi) is 5.36. The summed E-state index contributed by atoms with van der Waals surface area (Å²) in [6.45, 7) is 3.69. The molecule has 0 spiro atoms. The Balaban J connectivity index is 2.14. The maximum Gasteiger partial charge on any atom is 0.259 e. The molecule has 2 aromatic rings. The molecule has 21 heavy (non-hydrogen) atoms. The number of benzene rings is 2. The van der Waals surface area contributed by atoms with E-state index in [0.717, 1.165) is 23.1 Å². The molecule has 0 atom stereocenters. The van der Waals surface area contributed by atoms with Crippen molar-refractivity contribution in [2.75, 3.05) is 11.9 Å². The van der Waals surface area contributed by atoms with Gasteiger partial charge in [-0.25, -0.2) is 0 Å².